The summed E-state index contributed by atoms with van der Waals surface area (Å²) in [7, 11) is 0. The van der Waals surface area contributed by atoms with Crippen molar-refractivity contribution >= 4 is 11.7 Å². The van der Waals surface area contributed by atoms with Crippen LogP contribution in [-0.4, -0.2) is 43.5 Å². The SMILES string of the molecule is O=C(Cc1ccccc1F)N1CCC(c2cc(C(F)(F)F)n3ncnc3n2)CC1. The summed E-state index contributed by atoms with van der Waals surface area (Å²) in [6.07, 6.45) is -2.65. The predicted molar refractivity (Wildman–Crippen MR) is 94.4 cm³/mol. The van der Waals surface area contributed by atoms with Crippen molar-refractivity contribution in [3.8, 4) is 0 Å². The molecule has 10 heteroatoms. The van der Waals surface area contributed by atoms with Crippen molar-refractivity contribution < 1.29 is 22.4 Å². The molecule has 0 spiro atoms. The maximum atomic E-state index is 13.8. The van der Waals surface area contributed by atoms with Crippen LogP contribution < -0.4 is 0 Å². The Labute approximate surface area is 163 Å². The second-order valence-corrected chi connectivity index (χ2v) is 6.96. The number of fused-ring (bicyclic) bond motifs is 1. The van der Waals surface area contributed by atoms with E-state index in [1.807, 2.05) is 0 Å². The maximum Gasteiger partial charge on any atom is 0.433 e. The van der Waals surface area contributed by atoms with Crippen LogP contribution in [0.15, 0.2) is 36.7 Å². The number of carbonyl (C=O) groups excluding carboxylic acids is 1. The quantitative estimate of drug-likeness (QED) is 0.626. The summed E-state index contributed by atoms with van der Waals surface area (Å²) in [4.78, 5) is 22.1. The Morgan fingerprint density at radius 3 is 2.59 bits per heavy atom. The van der Waals surface area contributed by atoms with Gasteiger partial charge in [-0.05, 0) is 30.5 Å². The van der Waals surface area contributed by atoms with Crippen molar-refractivity contribution in [2.24, 2.45) is 0 Å². The fourth-order valence-electron chi connectivity index (χ4n) is 3.58. The standard InChI is InChI=1S/C19H17F4N5O/c20-14-4-2-1-3-13(14)9-17(29)27-7-5-12(6-8-27)15-10-16(19(21,22)23)28-18(26-15)24-11-25-28/h1-4,10-12H,5-9H2. The highest BCUT2D eigenvalue weighted by molar-refractivity contribution is 5.79. The van der Waals surface area contributed by atoms with Gasteiger partial charge < -0.3 is 4.90 Å². The lowest BCUT2D eigenvalue weighted by molar-refractivity contribution is -0.142. The molecule has 1 amide bonds. The summed E-state index contributed by atoms with van der Waals surface area (Å²) in [6, 6.07) is 7.10. The summed E-state index contributed by atoms with van der Waals surface area (Å²) in [5.74, 6) is -0.963. The molecule has 0 unspecified atom stereocenters. The molecule has 2 aromatic heterocycles. The van der Waals surface area contributed by atoms with Crippen LogP contribution in [0.1, 0.15) is 35.7 Å². The van der Waals surface area contributed by atoms with Gasteiger partial charge in [-0.1, -0.05) is 18.2 Å². The number of alkyl halides is 3. The molecule has 0 bridgehead atoms. The van der Waals surface area contributed by atoms with Gasteiger partial charge in [-0.15, -0.1) is 0 Å². The van der Waals surface area contributed by atoms with Gasteiger partial charge in [0.25, 0.3) is 5.78 Å². The van der Waals surface area contributed by atoms with Gasteiger partial charge in [0, 0.05) is 24.7 Å². The number of halogens is 4. The summed E-state index contributed by atoms with van der Waals surface area (Å²) in [5, 5.41) is 3.59. The second-order valence-electron chi connectivity index (χ2n) is 6.96. The van der Waals surface area contributed by atoms with Gasteiger partial charge in [-0.2, -0.15) is 27.8 Å². The van der Waals surface area contributed by atoms with Crippen molar-refractivity contribution in [3.63, 3.8) is 0 Å². The fraction of sp³-hybridized carbons (Fsp3) is 0.368. The van der Waals surface area contributed by atoms with Crippen LogP contribution >= 0.6 is 0 Å². The Morgan fingerprint density at radius 1 is 1.17 bits per heavy atom. The minimum absolute atomic E-state index is 0.0421. The number of likely N-dealkylation sites (tertiary alicyclic amines) is 1. The first-order chi connectivity index (χ1) is 13.8. The molecule has 0 radical (unpaired) electrons. The molecule has 152 valence electrons. The van der Waals surface area contributed by atoms with E-state index >= 15 is 0 Å². The van der Waals surface area contributed by atoms with E-state index in [0.717, 1.165) is 12.4 Å². The van der Waals surface area contributed by atoms with Crippen molar-refractivity contribution in [1.29, 1.82) is 0 Å². The molecule has 3 heterocycles. The van der Waals surface area contributed by atoms with Gasteiger partial charge >= 0.3 is 6.18 Å². The fourth-order valence-corrected chi connectivity index (χ4v) is 3.58. The lowest BCUT2D eigenvalue weighted by atomic mass is 9.92. The molecule has 4 rings (SSSR count). The molecule has 1 aromatic carbocycles. The zero-order valence-corrected chi connectivity index (χ0v) is 15.2. The molecule has 0 N–H and O–H groups in total. The van der Waals surface area contributed by atoms with Crippen molar-refractivity contribution in [2.75, 3.05) is 13.1 Å². The van der Waals surface area contributed by atoms with Crippen molar-refractivity contribution in [3.05, 3.63) is 59.4 Å². The molecule has 1 aliphatic rings. The minimum atomic E-state index is -4.58. The third kappa shape index (κ3) is 3.92. The third-order valence-electron chi connectivity index (χ3n) is 5.13. The van der Waals surface area contributed by atoms with E-state index in [-0.39, 0.29) is 24.0 Å². The van der Waals surface area contributed by atoms with Gasteiger partial charge in [0.1, 0.15) is 12.1 Å². The van der Waals surface area contributed by atoms with Crippen LogP contribution in [0.2, 0.25) is 0 Å². The van der Waals surface area contributed by atoms with Gasteiger partial charge in [0.2, 0.25) is 5.91 Å². The maximum absolute atomic E-state index is 13.8. The number of piperidine rings is 1. The van der Waals surface area contributed by atoms with Gasteiger partial charge in [0.05, 0.1) is 6.42 Å². The number of rotatable bonds is 3. The summed E-state index contributed by atoms with van der Waals surface area (Å²) < 4.78 is 54.5. The van der Waals surface area contributed by atoms with Crippen LogP contribution in [0.25, 0.3) is 5.78 Å². The lowest BCUT2D eigenvalue weighted by Crippen LogP contribution is -2.39. The zero-order valence-electron chi connectivity index (χ0n) is 15.2. The van der Waals surface area contributed by atoms with E-state index in [4.69, 9.17) is 0 Å². The highest BCUT2D eigenvalue weighted by Gasteiger charge is 2.36. The highest BCUT2D eigenvalue weighted by atomic mass is 19.4. The van der Waals surface area contributed by atoms with Gasteiger partial charge in [-0.3, -0.25) is 4.79 Å². The molecule has 6 nitrogen and oxygen atoms in total. The van der Waals surface area contributed by atoms with Crippen LogP contribution in [0, 0.1) is 5.82 Å². The Morgan fingerprint density at radius 2 is 1.90 bits per heavy atom. The molecule has 1 aliphatic heterocycles. The number of aromatic nitrogens is 4. The topological polar surface area (TPSA) is 63.4 Å². The molecule has 0 aliphatic carbocycles. The molecule has 1 fully saturated rings. The van der Waals surface area contributed by atoms with E-state index in [2.05, 4.69) is 15.1 Å². The molecule has 29 heavy (non-hydrogen) atoms. The largest absolute Gasteiger partial charge is 0.433 e. The third-order valence-corrected chi connectivity index (χ3v) is 5.13. The van der Waals surface area contributed by atoms with Crippen LogP contribution in [0.5, 0.6) is 0 Å². The number of nitrogens with zero attached hydrogens (tertiary/aromatic N) is 5. The minimum Gasteiger partial charge on any atom is -0.342 e. The Hall–Kier alpha value is -3.04. The Bertz CT molecular complexity index is 1040. The number of benzene rings is 1. The van der Waals surface area contributed by atoms with E-state index in [9.17, 15) is 22.4 Å². The first-order valence-corrected chi connectivity index (χ1v) is 9.12. The second kappa shape index (κ2) is 7.41. The highest BCUT2D eigenvalue weighted by Crippen LogP contribution is 2.33. The molecular weight excluding hydrogens is 390 g/mol. The zero-order chi connectivity index (χ0) is 20.6. The van der Waals surface area contributed by atoms with Crippen molar-refractivity contribution in [2.45, 2.75) is 31.4 Å². The molecule has 0 atom stereocenters. The molecular formula is C19H17F4N5O. The van der Waals surface area contributed by atoms with Gasteiger partial charge in [0.15, 0.2) is 5.69 Å². The molecule has 0 saturated carbocycles. The van der Waals surface area contributed by atoms with E-state index in [1.165, 1.54) is 6.07 Å². The van der Waals surface area contributed by atoms with E-state index in [0.29, 0.717) is 41.7 Å². The van der Waals surface area contributed by atoms with Crippen molar-refractivity contribution in [1.82, 2.24) is 24.5 Å². The average Bonchev–Trinajstić information content (AvgIpc) is 3.17. The molecule has 1 saturated heterocycles. The van der Waals surface area contributed by atoms with Crippen LogP contribution in [-0.2, 0) is 17.4 Å². The smallest absolute Gasteiger partial charge is 0.342 e. The Balaban J connectivity index is 1.47. The van der Waals surface area contributed by atoms with Crippen LogP contribution in [0.3, 0.4) is 0 Å². The van der Waals surface area contributed by atoms with Gasteiger partial charge in [-0.25, -0.2) is 9.37 Å². The first kappa shape index (κ1) is 19.3. The summed E-state index contributed by atoms with van der Waals surface area (Å²) in [5.41, 5.74) is -0.305. The lowest BCUT2D eigenvalue weighted by Gasteiger charge is -2.32. The summed E-state index contributed by atoms with van der Waals surface area (Å²) in [6.45, 7) is 0.748. The number of amides is 1. The van der Waals surface area contributed by atoms with E-state index in [1.54, 1.807) is 23.1 Å². The number of hydrogen-bond acceptors (Lipinski definition) is 4. The predicted octanol–water partition coefficient (Wildman–Crippen LogP) is 3.23. The Kier molecular flexibility index (Phi) is 4.93. The van der Waals surface area contributed by atoms with Crippen LogP contribution in [0.4, 0.5) is 17.6 Å². The number of hydrogen-bond donors (Lipinski definition) is 0. The summed E-state index contributed by atoms with van der Waals surface area (Å²) >= 11 is 0. The monoisotopic (exact) mass is 407 g/mol. The van der Waals surface area contributed by atoms with E-state index < -0.39 is 17.7 Å². The number of carbonyl (C=O) groups is 1. The normalized spacial score (nSPS) is 15.8. The first-order valence-electron chi connectivity index (χ1n) is 9.12. The average molecular weight is 407 g/mol. The molecule has 3 aromatic rings.